The number of benzene rings is 2. The molecule has 0 saturated carbocycles. The van der Waals surface area contributed by atoms with Crippen molar-refractivity contribution in [1.82, 2.24) is 14.8 Å². The molecule has 3 aromatic rings. The highest BCUT2D eigenvalue weighted by Crippen LogP contribution is 2.28. The van der Waals surface area contributed by atoms with Crippen molar-refractivity contribution in [3.05, 3.63) is 65.9 Å². The number of fused-ring (bicyclic) bond motifs is 3. The molecule has 0 bridgehead atoms. The number of nitrogens with zero attached hydrogens (tertiary/aromatic N) is 3. The van der Waals surface area contributed by atoms with E-state index in [1.54, 1.807) is 0 Å². The fourth-order valence-corrected chi connectivity index (χ4v) is 4.74. The van der Waals surface area contributed by atoms with Crippen LogP contribution in [0.4, 0.5) is 5.69 Å². The summed E-state index contributed by atoms with van der Waals surface area (Å²) in [5.41, 5.74) is 4.51. The predicted octanol–water partition coefficient (Wildman–Crippen LogP) is 2.79. The van der Waals surface area contributed by atoms with E-state index in [9.17, 15) is 9.59 Å². The molecule has 6 nitrogen and oxygen atoms in total. The Morgan fingerprint density at radius 1 is 1.10 bits per heavy atom. The van der Waals surface area contributed by atoms with Gasteiger partial charge in [0.2, 0.25) is 11.8 Å². The van der Waals surface area contributed by atoms with Crippen molar-refractivity contribution in [2.24, 2.45) is 0 Å². The van der Waals surface area contributed by atoms with E-state index in [1.807, 2.05) is 64.2 Å². The van der Waals surface area contributed by atoms with E-state index < -0.39 is 0 Å². The average Bonchev–Trinajstić information content (AvgIpc) is 3.34. The molecule has 0 aliphatic carbocycles. The molecule has 5 rings (SSSR count). The first-order valence-electron chi connectivity index (χ1n) is 10.5. The van der Waals surface area contributed by atoms with Crippen LogP contribution in [-0.4, -0.2) is 59.3 Å². The number of amides is 2. The van der Waals surface area contributed by atoms with Crippen molar-refractivity contribution in [2.45, 2.75) is 25.4 Å². The second-order valence-electron chi connectivity index (χ2n) is 8.24. The lowest BCUT2D eigenvalue weighted by Gasteiger charge is -2.30. The molecule has 1 saturated heterocycles. The topological polar surface area (TPSA) is 59.7 Å². The van der Waals surface area contributed by atoms with Crippen LogP contribution in [0, 0.1) is 0 Å². The van der Waals surface area contributed by atoms with Crippen molar-refractivity contribution in [1.29, 1.82) is 0 Å². The Hall–Kier alpha value is -3.12. The third kappa shape index (κ3) is 3.27. The van der Waals surface area contributed by atoms with Gasteiger partial charge in [-0.05, 0) is 31.7 Å². The third-order valence-electron chi connectivity index (χ3n) is 6.40. The Morgan fingerprint density at radius 3 is 2.70 bits per heavy atom. The molecule has 3 heterocycles. The smallest absolute Gasteiger partial charge is 0.244 e. The summed E-state index contributed by atoms with van der Waals surface area (Å²) in [7, 11) is 1.88. The van der Waals surface area contributed by atoms with Crippen LogP contribution in [0.1, 0.15) is 17.7 Å². The van der Waals surface area contributed by atoms with Gasteiger partial charge in [-0.25, -0.2) is 0 Å². The summed E-state index contributed by atoms with van der Waals surface area (Å²) in [5, 5.41) is 1.20. The number of carbonyl (C=O) groups is 2. The van der Waals surface area contributed by atoms with E-state index in [-0.39, 0.29) is 24.4 Å². The lowest BCUT2D eigenvalue weighted by Crippen LogP contribution is -2.46. The first-order valence-corrected chi connectivity index (χ1v) is 10.5. The molecule has 2 aromatic carbocycles. The minimum Gasteiger partial charge on any atom is -0.358 e. The number of likely N-dealkylation sites (N-methyl/N-ethyl adjacent to an activating group) is 1. The van der Waals surface area contributed by atoms with Crippen LogP contribution < -0.4 is 4.90 Å². The first-order chi connectivity index (χ1) is 14.6. The van der Waals surface area contributed by atoms with E-state index >= 15 is 0 Å². The Morgan fingerprint density at radius 2 is 1.87 bits per heavy atom. The summed E-state index contributed by atoms with van der Waals surface area (Å²) < 4.78 is 0. The second kappa shape index (κ2) is 7.61. The van der Waals surface area contributed by atoms with E-state index in [0.717, 1.165) is 24.0 Å². The number of hydrogen-bond acceptors (Lipinski definition) is 3. The maximum atomic E-state index is 13.0. The van der Waals surface area contributed by atoms with Gasteiger partial charge in [0.25, 0.3) is 0 Å². The van der Waals surface area contributed by atoms with Gasteiger partial charge in [0.1, 0.15) is 0 Å². The van der Waals surface area contributed by atoms with Crippen LogP contribution in [0.15, 0.2) is 54.6 Å². The molecular weight excluding hydrogens is 376 g/mol. The average molecular weight is 402 g/mol. The Labute approximate surface area is 176 Å². The summed E-state index contributed by atoms with van der Waals surface area (Å²) in [6, 6.07) is 17.8. The first kappa shape index (κ1) is 18.9. The molecule has 30 heavy (non-hydrogen) atoms. The van der Waals surface area contributed by atoms with Gasteiger partial charge >= 0.3 is 0 Å². The van der Waals surface area contributed by atoms with Crippen LogP contribution in [0.3, 0.4) is 0 Å². The SMILES string of the molecule is CN(CC(=O)N1CCc2[nH]c3ccccc3c2C1)C1CCN(c2ccccc2)C1=O. The van der Waals surface area contributed by atoms with Gasteiger partial charge < -0.3 is 14.8 Å². The summed E-state index contributed by atoms with van der Waals surface area (Å²) in [4.78, 5) is 35.1. The van der Waals surface area contributed by atoms with E-state index in [0.29, 0.717) is 19.6 Å². The van der Waals surface area contributed by atoms with Crippen LogP contribution in [0.2, 0.25) is 0 Å². The number of aromatic nitrogens is 1. The number of anilines is 1. The zero-order valence-corrected chi connectivity index (χ0v) is 17.2. The van der Waals surface area contributed by atoms with Crippen molar-refractivity contribution in [3.63, 3.8) is 0 Å². The quantitative estimate of drug-likeness (QED) is 0.730. The molecule has 1 fully saturated rings. The number of H-pyrrole nitrogens is 1. The van der Waals surface area contributed by atoms with Crippen LogP contribution >= 0.6 is 0 Å². The van der Waals surface area contributed by atoms with Crippen LogP contribution in [-0.2, 0) is 22.6 Å². The third-order valence-corrected chi connectivity index (χ3v) is 6.40. The number of rotatable bonds is 4. The van der Waals surface area contributed by atoms with Gasteiger partial charge in [0.15, 0.2) is 0 Å². The molecule has 1 aromatic heterocycles. The summed E-state index contributed by atoms with van der Waals surface area (Å²) in [5.74, 6) is 0.161. The highest BCUT2D eigenvalue weighted by molar-refractivity contribution is 5.99. The molecular formula is C24H26N4O2. The fraction of sp³-hybridized carbons (Fsp3) is 0.333. The van der Waals surface area contributed by atoms with Gasteiger partial charge in [0.05, 0.1) is 12.6 Å². The van der Waals surface area contributed by atoms with Gasteiger partial charge in [-0.2, -0.15) is 0 Å². The van der Waals surface area contributed by atoms with Gasteiger partial charge in [0, 0.05) is 53.9 Å². The van der Waals surface area contributed by atoms with Crippen LogP contribution in [0.25, 0.3) is 10.9 Å². The van der Waals surface area contributed by atoms with E-state index in [2.05, 4.69) is 17.1 Å². The lowest BCUT2D eigenvalue weighted by atomic mass is 10.0. The fourth-order valence-electron chi connectivity index (χ4n) is 4.74. The summed E-state index contributed by atoms with van der Waals surface area (Å²) in [6.45, 7) is 2.28. The number of carbonyl (C=O) groups excluding carboxylic acids is 2. The maximum absolute atomic E-state index is 13.0. The zero-order valence-electron chi connectivity index (χ0n) is 17.2. The molecule has 2 aliphatic rings. The molecule has 1 N–H and O–H groups in total. The number of nitrogens with one attached hydrogen (secondary N) is 1. The summed E-state index contributed by atoms with van der Waals surface area (Å²) in [6.07, 6.45) is 1.58. The minimum absolute atomic E-state index is 0.0778. The lowest BCUT2D eigenvalue weighted by molar-refractivity contribution is -0.134. The van der Waals surface area contributed by atoms with E-state index in [1.165, 1.54) is 16.6 Å². The Kier molecular flexibility index (Phi) is 4.79. The molecule has 1 unspecified atom stereocenters. The highest BCUT2D eigenvalue weighted by Gasteiger charge is 2.36. The minimum atomic E-state index is -0.248. The van der Waals surface area contributed by atoms with Gasteiger partial charge in [-0.1, -0.05) is 36.4 Å². The summed E-state index contributed by atoms with van der Waals surface area (Å²) >= 11 is 0. The predicted molar refractivity (Wildman–Crippen MR) is 117 cm³/mol. The van der Waals surface area contributed by atoms with Crippen molar-refractivity contribution >= 4 is 28.4 Å². The molecule has 154 valence electrons. The van der Waals surface area contributed by atoms with Gasteiger partial charge in [-0.15, -0.1) is 0 Å². The van der Waals surface area contributed by atoms with Crippen LogP contribution in [0.5, 0.6) is 0 Å². The standard InChI is InChI=1S/C24H26N4O2/c1-26(22-12-14-28(24(22)30)17-7-3-2-4-8-17)16-23(29)27-13-11-21-19(15-27)18-9-5-6-10-20(18)25-21/h2-10,22,25H,11-16H2,1H3. The Bertz CT molecular complexity index is 1090. The molecule has 2 amide bonds. The van der Waals surface area contributed by atoms with Crippen molar-refractivity contribution < 1.29 is 9.59 Å². The molecule has 0 radical (unpaired) electrons. The largest absolute Gasteiger partial charge is 0.358 e. The number of aromatic amines is 1. The Balaban J connectivity index is 1.25. The molecule has 0 spiro atoms. The zero-order chi connectivity index (χ0) is 20.7. The van der Waals surface area contributed by atoms with E-state index in [4.69, 9.17) is 0 Å². The molecule has 2 aliphatic heterocycles. The van der Waals surface area contributed by atoms with Crippen molar-refractivity contribution in [3.8, 4) is 0 Å². The van der Waals surface area contributed by atoms with Crippen molar-refractivity contribution in [2.75, 3.05) is 31.6 Å². The number of hydrogen-bond donors (Lipinski definition) is 1. The normalized spacial score (nSPS) is 19.0. The highest BCUT2D eigenvalue weighted by atomic mass is 16.2. The second-order valence-corrected chi connectivity index (χ2v) is 8.24. The number of para-hydroxylation sites is 2. The molecule has 1 atom stereocenters. The monoisotopic (exact) mass is 402 g/mol. The van der Waals surface area contributed by atoms with Gasteiger partial charge in [-0.3, -0.25) is 14.5 Å². The molecule has 6 heteroatoms. The maximum Gasteiger partial charge on any atom is 0.244 e.